The first-order valence-electron chi connectivity index (χ1n) is 8.70. The maximum atomic E-state index is 13.0. The second-order valence-corrected chi connectivity index (χ2v) is 5.82. The van der Waals surface area contributed by atoms with Crippen LogP contribution in [0.15, 0.2) is 12.1 Å². The first-order chi connectivity index (χ1) is 12.8. The van der Waals surface area contributed by atoms with Gasteiger partial charge >= 0.3 is 6.09 Å². The number of hydrogen-bond acceptors (Lipinski definition) is 5. The van der Waals surface area contributed by atoms with Gasteiger partial charge in [0.05, 0.1) is 17.9 Å². The summed E-state index contributed by atoms with van der Waals surface area (Å²) in [5.41, 5.74) is 5.70. The number of nitrogens with zero attached hydrogens (tertiary/aromatic N) is 2. The van der Waals surface area contributed by atoms with Gasteiger partial charge in [0.1, 0.15) is 12.1 Å². The van der Waals surface area contributed by atoms with Crippen molar-refractivity contribution in [1.82, 2.24) is 5.32 Å². The number of ether oxygens (including phenoxy) is 1. The van der Waals surface area contributed by atoms with E-state index in [1.807, 2.05) is 11.0 Å². The van der Waals surface area contributed by atoms with E-state index in [-0.39, 0.29) is 12.2 Å². The summed E-state index contributed by atoms with van der Waals surface area (Å²) in [7, 11) is 0. The number of halogens is 2. The molecular formula is C18H24F2N4O3. The average molecular weight is 382 g/mol. The number of nitrogens with one attached hydrogen (secondary N) is 1. The predicted octanol–water partition coefficient (Wildman–Crippen LogP) is 2.43. The van der Waals surface area contributed by atoms with Crippen molar-refractivity contribution >= 4 is 17.7 Å². The van der Waals surface area contributed by atoms with Gasteiger partial charge in [-0.25, -0.2) is 13.6 Å². The molecule has 27 heavy (non-hydrogen) atoms. The van der Waals surface area contributed by atoms with Crippen molar-refractivity contribution in [2.45, 2.75) is 39.2 Å². The summed E-state index contributed by atoms with van der Waals surface area (Å²) in [6, 6.07) is 3.33. The summed E-state index contributed by atoms with van der Waals surface area (Å²) < 4.78 is 30.5. The molecular weight excluding hydrogens is 358 g/mol. The summed E-state index contributed by atoms with van der Waals surface area (Å²) in [4.78, 5) is 23.3. The van der Waals surface area contributed by atoms with Crippen LogP contribution in [0.1, 0.15) is 38.7 Å². The number of hydrogen-bond donors (Lipinski definition) is 2. The van der Waals surface area contributed by atoms with Crippen LogP contribution in [0.25, 0.3) is 0 Å². The van der Waals surface area contributed by atoms with Crippen LogP contribution < -0.4 is 16.0 Å². The minimum Gasteiger partial charge on any atom is -0.450 e. The van der Waals surface area contributed by atoms with E-state index < -0.39 is 29.7 Å². The number of anilines is 1. The monoisotopic (exact) mass is 382 g/mol. The molecule has 1 heterocycles. The van der Waals surface area contributed by atoms with Gasteiger partial charge in [0, 0.05) is 19.2 Å². The Morgan fingerprint density at radius 1 is 1.30 bits per heavy atom. The standard InChI is InChI=1S/C11H10F2N2.C7H14N2O3/c12-9-5-8(7-14)11(6-10(9)13)15-3-1-2-4-15;1-3-5(6(8)10)9-7(11)12-4-2/h5-6H,1-4H2;5H,3-4H2,1-2H3,(H2,8,10)(H,9,11)/t;5-/m.0/s1. The van der Waals surface area contributed by atoms with Gasteiger partial charge in [0.25, 0.3) is 0 Å². The molecule has 0 saturated carbocycles. The minimum absolute atomic E-state index is 0.204. The fourth-order valence-electron chi connectivity index (χ4n) is 2.53. The topological polar surface area (TPSA) is 108 Å². The van der Waals surface area contributed by atoms with Gasteiger partial charge in [-0.05, 0) is 32.3 Å². The van der Waals surface area contributed by atoms with Gasteiger partial charge in [-0.2, -0.15) is 5.26 Å². The number of alkyl carbamates (subject to hydrolysis) is 1. The van der Waals surface area contributed by atoms with Crippen LogP contribution in [0.3, 0.4) is 0 Å². The normalized spacial score (nSPS) is 13.8. The van der Waals surface area contributed by atoms with Crippen molar-refractivity contribution < 1.29 is 23.1 Å². The molecule has 2 amide bonds. The molecule has 0 radical (unpaired) electrons. The fraction of sp³-hybridized carbons (Fsp3) is 0.500. The van der Waals surface area contributed by atoms with Crippen molar-refractivity contribution in [3.05, 3.63) is 29.3 Å². The first-order valence-corrected chi connectivity index (χ1v) is 8.70. The number of amides is 2. The van der Waals surface area contributed by atoms with E-state index in [4.69, 9.17) is 11.0 Å². The van der Waals surface area contributed by atoms with Crippen LogP contribution in [0.5, 0.6) is 0 Å². The zero-order valence-corrected chi connectivity index (χ0v) is 15.4. The molecule has 1 saturated heterocycles. The van der Waals surface area contributed by atoms with Gasteiger partial charge in [-0.15, -0.1) is 0 Å². The van der Waals surface area contributed by atoms with Crippen molar-refractivity contribution in [3.63, 3.8) is 0 Å². The molecule has 0 unspecified atom stereocenters. The third-order valence-electron chi connectivity index (χ3n) is 3.93. The largest absolute Gasteiger partial charge is 0.450 e. The molecule has 3 N–H and O–H groups in total. The predicted molar refractivity (Wildman–Crippen MR) is 96.0 cm³/mol. The maximum Gasteiger partial charge on any atom is 0.407 e. The van der Waals surface area contributed by atoms with E-state index in [1.165, 1.54) is 0 Å². The van der Waals surface area contributed by atoms with Crippen molar-refractivity contribution in [3.8, 4) is 6.07 Å². The minimum atomic E-state index is -0.963. The zero-order chi connectivity index (χ0) is 20.4. The van der Waals surface area contributed by atoms with E-state index >= 15 is 0 Å². The lowest BCUT2D eigenvalue weighted by atomic mass is 10.1. The first kappa shape index (κ1) is 22.2. The Balaban J connectivity index is 0.000000279. The Morgan fingerprint density at radius 3 is 2.37 bits per heavy atom. The second-order valence-electron chi connectivity index (χ2n) is 5.82. The molecule has 2 rings (SSSR count). The Bertz CT molecular complexity index is 701. The van der Waals surface area contributed by atoms with Crippen molar-refractivity contribution in [1.29, 1.82) is 5.26 Å². The van der Waals surface area contributed by atoms with Crippen LogP contribution in [0.4, 0.5) is 19.3 Å². The molecule has 7 nitrogen and oxygen atoms in total. The number of nitriles is 1. The SMILES string of the molecule is CCOC(=O)N[C@@H](CC)C(N)=O.N#Cc1cc(F)c(F)cc1N1CCCC1. The molecule has 9 heteroatoms. The molecule has 1 aromatic carbocycles. The fourth-order valence-corrected chi connectivity index (χ4v) is 2.53. The summed E-state index contributed by atoms with van der Waals surface area (Å²) in [5.74, 6) is -2.41. The number of primary amides is 1. The van der Waals surface area contributed by atoms with Crippen LogP contribution in [-0.2, 0) is 9.53 Å². The van der Waals surface area contributed by atoms with Gasteiger partial charge in [0.2, 0.25) is 5.91 Å². The van der Waals surface area contributed by atoms with Gasteiger partial charge < -0.3 is 20.7 Å². The van der Waals surface area contributed by atoms with Crippen LogP contribution >= 0.6 is 0 Å². The molecule has 1 fully saturated rings. The highest BCUT2D eigenvalue weighted by Crippen LogP contribution is 2.26. The maximum absolute atomic E-state index is 13.0. The third-order valence-corrected chi connectivity index (χ3v) is 3.93. The third kappa shape index (κ3) is 6.73. The lowest BCUT2D eigenvalue weighted by Crippen LogP contribution is -2.44. The quantitative estimate of drug-likeness (QED) is 0.813. The van der Waals surface area contributed by atoms with Crippen molar-refractivity contribution in [2.24, 2.45) is 5.73 Å². The summed E-state index contributed by atoms with van der Waals surface area (Å²) in [6.45, 7) is 5.33. The van der Waals surface area contributed by atoms with E-state index in [2.05, 4.69) is 10.1 Å². The Morgan fingerprint density at radius 2 is 1.89 bits per heavy atom. The molecule has 1 aliphatic heterocycles. The number of benzene rings is 1. The summed E-state index contributed by atoms with van der Waals surface area (Å²) in [6.07, 6.45) is 1.92. The lowest BCUT2D eigenvalue weighted by molar-refractivity contribution is -0.120. The molecule has 0 aromatic heterocycles. The highest BCUT2D eigenvalue weighted by atomic mass is 19.2. The number of nitrogens with two attached hydrogens (primary N) is 1. The van der Waals surface area contributed by atoms with E-state index in [1.54, 1.807) is 13.8 Å². The van der Waals surface area contributed by atoms with E-state index in [0.717, 1.165) is 38.1 Å². The summed E-state index contributed by atoms with van der Waals surface area (Å²) in [5, 5.41) is 11.2. The second kappa shape index (κ2) is 11.0. The highest BCUT2D eigenvalue weighted by Gasteiger charge is 2.18. The lowest BCUT2D eigenvalue weighted by Gasteiger charge is -2.18. The Kier molecular flexibility index (Phi) is 8.99. The Hall–Kier alpha value is -2.89. The van der Waals surface area contributed by atoms with Crippen molar-refractivity contribution in [2.75, 3.05) is 24.6 Å². The molecule has 1 aromatic rings. The molecule has 1 atom stereocenters. The van der Waals surface area contributed by atoms with Gasteiger partial charge in [-0.3, -0.25) is 4.79 Å². The molecule has 0 aliphatic carbocycles. The van der Waals surface area contributed by atoms with E-state index in [9.17, 15) is 18.4 Å². The highest BCUT2D eigenvalue weighted by molar-refractivity contribution is 5.84. The smallest absolute Gasteiger partial charge is 0.407 e. The zero-order valence-electron chi connectivity index (χ0n) is 15.4. The molecule has 0 spiro atoms. The number of carbonyl (C=O) groups is 2. The number of rotatable bonds is 5. The van der Waals surface area contributed by atoms with Crippen LogP contribution in [0, 0.1) is 23.0 Å². The summed E-state index contributed by atoms with van der Waals surface area (Å²) >= 11 is 0. The van der Waals surface area contributed by atoms with Gasteiger partial charge in [-0.1, -0.05) is 6.92 Å². The van der Waals surface area contributed by atoms with Crippen LogP contribution in [-0.4, -0.2) is 37.7 Å². The molecule has 0 bridgehead atoms. The molecule has 1 aliphatic rings. The van der Waals surface area contributed by atoms with E-state index in [0.29, 0.717) is 12.1 Å². The molecule has 148 valence electrons. The Labute approximate surface area is 157 Å². The van der Waals surface area contributed by atoms with Crippen LogP contribution in [0.2, 0.25) is 0 Å². The average Bonchev–Trinajstić information content (AvgIpc) is 3.16. The number of carbonyl (C=O) groups excluding carboxylic acids is 2. The van der Waals surface area contributed by atoms with Gasteiger partial charge in [0.15, 0.2) is 11.6 Å².